The molecule has 0 spiro atoms. The minimum absolute atomic E-state index is 0.176. The minimum Gasteiger partial charge on any atom is -0.359 e. The smallest absolute Gasteiger partial charge is 0.220 e. The van der Waals surface area contributed by atoms with Gasteiger partial charge in [-0.05, 0) is 32.4 Å². The Morgan fingerprint density at radius 2 is 2.42 bits per heavy atom. The SMILES string of the molecule is CNC(=O)CC1CCCN(C)C1. The number of nitrogens with one attached hydrogen (secondary N) is 1. The summed E-state index contributed by atoms with van der Waals surface area (Å²) in [5.41, 5.74) is 0. The Morgan fingerprint density at radius 3 is 3.00 bits per heavy atom. The van der Waals surface area contributed by atoms with Gasteiger partial charge in [-0.15, -0.1) is 0 Å². The van der Waals surface area contributed by atoms with Gasteiger partial charge in [0.05, 0.1) is 0 Å². The van der Waals surface area contributed by atoms with Crippen LogP contribution in [0, 0.1) is 5.92 Å². The van der Waals surface area contributed by atoms with Gasteiger partial charge in [0.15, 0.2) is 0 Å². The Balaban J connectivity index is 2.27. The monoisotopic (exact) mass is 170 g/mol. The Kier molecular flexibility index (Phi) is 3.53. The molecule has 0 aromatic rings. The first-order chi connectivity index (χ1) is 5.72. The maximum atomic E-state index is 11.1. The molecule has 0 saturated carbocycles. The molecule has 70 valence electrons. The largest absolute Gasteiger partial charge is 0.359 e. The normalized spacial score (nSPS) is 25.3. The van der Waals surface area contributed by atoms with E-state index < -0.39 is 0 Å². The molecular formula is C9H18N2O. The second-order valence-electron chi connectivity index (χ2n) is 3.65. The summed E-state index contributed by atoms with van der Waals surface area (Å²) in [7, 11) is 3.82. The van der Waals surface area contributed by atoms with E-state index >= 15 is 0 Å². The summed E-state index contributed by atoms with van der Waals surface area (Å²) in [5, 5.41) is 2.67. The third-order valence-electron chi connectivity index (χ3n) is 2.47. The zero-order valence-corrected chi connectivity index (χ0v) is 7.97. The zero-order valence-electron chi connectivity index (χ0n) is 7.97. The molecule has 12 heavy (non-hydrogen) atoms. The van der Waals surface area contributed by atoms with Crippen molar-refractivity contribution >= 4 is 5.91 Å². The molecular weight excluding hydrogens is 152 g/mol. The molecule has 1 heterocycles. The number of likely N-dealkylation sites (tertiary alicyclic amines) is 1. The summed E-state index contributed by atoms with van der Waals surface area (Å²) in [6.07, 6.45) is 3.14. The Bertz CT molecular complexity index is 159. The summed E-state index contributed by atoms with van der Waals surface area (Å²) >= 11 is 0. The topological polar surface area (TPSA) is 32.3 Å². The summed E-state index contributed by atoms with van der Waals surface area (Å²) in [4.78, 5) is 13.4. The molecule has 0 aromatic carbocycles. The van der Waals surface area contributed by atoms with Crippen molar-refractivity contribution in [3.05, 3.63) is 0 Å². The Labute approximate surface area is 74.1 Å². The molecule has 1 atom stereocenters. The molecule has 1 fully saturated rings. The lowest BCUT2D eigenvalue weighted by Crippen LogP contribution is -2.34. The highest BCUT2D eigenvalue weighted by Gasteiger charge is 2.18. The average molecular weight is 170 g/mol. The van der Waals surface area contributed by atoms with Crippen LogP contribution in [0.1, 0.15) is 19.3 Å². The molecule has 1 N–H and O–H groups in total. The number of amides is 1. The van der Waals surface area contributed by atoms with E-state index in [4.69, 9.17) is 0 Å². The van der Waals surface area contributed by atoms with Gasteiger partial charge < -0.3 is 10.2 Å². The second kappa shape index (κ2) is 4.45. The summed E-state index contributed by atoms with van der Waals surface area (Å²) in [5.74, 6) is 0.749. The lowest BCUT2D eigenvalue weighted by Gasteiger charge is -2.28. The van der Waals surface area contributed by atoms with Gasteiger partial charge in [-0.1, -0.05) is 0 Å². The van der Waals surface area contributed by atoms with Gasteiger partial charge >= 0.3 is 0 Å². The van der Waals surface area contributed by atoms with Crippen LogP contribution in [-0.2, 0) is 4.79 Å². The third-order valence-corrected chi connectivity index (χ3v) is 2.47. The van der Waals surface area contributed by atoms with Crippen LogP contribution in [0.25, 0.3) is 0 Å². The molecule has 0 aliphatic carbocycles. The van der Waals surface area contributed by atoms with Gasteiger partial charge in [-0.25, -0.2) is 0 Å². The fourth-order valence-corrected chi connectivity index (χ4v) is 1.80. The van der Waals surface area contributed by atoms with E-state index in [-0.39, 0.29) is 5.91 Å². The highest BCUT2D eigenvalue weighted by molar-refractivity contribution is 5.75. The van der Waals surface area contributed by atoms with Crippen molar-refractivity contribution < 1.29 is 4.79 Å². The standard InChI is InChI=1S/C9H18N2O/c1-10-9(12)6-8-4-3-5-11(2)7-8/h8H,3-7H2,1-2H3,(H,10,12). The minimum atomic E-state index is 0.176. The maximum absolute atomic E-state index is 11.1. The number of piperidine rings is 1. The van der Waals surface area contributed by atoms with E-state index in [0.717, 1.165) is 6.54 Å². The Hall–Kier alpha value is -0.570. The van der Waals surface area contributed by atoms with E-state index in [1.165, 1.54) is 19.4 Å². The molecule has 1 unspecified atom stereocenters. The van der Waals surface area contributed by atoms with Crippen LogP contribution in [0.2, 0.25) is 0 Å². The first-order valence-electron chi connectivity index (χ1n) is 4.61. The molecule has 1 aliphatic heterocycles. The number of carbonyl (C=O) groups excluding carboxylic acids is 1. The third kappa shape index (κ3) is 2.81. The quantitative estimate of drug-likeness (QED) is 0.653. The van der Waals surface area contributed by atoms with Gasteiger partial charge in [-0.2, -0.15) is 0 Å². The van der Waals surface area contributed by atoms with E-state index in [0.29, 0.717) is 12.3 Å². The fourth-order valence-electron chi connectivity index (χ4n) is 1.80. The van der Waals surface area contributed by atoms with Crippen LogP contribution in [0.5, 0.6) is 0 Å². The van der Waals surface area contributed by atoms with E-state index in [9.17, 15) is 4.79 Å². The average Bonchev–Trinajstić information content (AvgIpc) is 2.04. The fraction of sp³-hybridized carbons (Fsp3) is 0.889. The second-order valence-corrected chi connectivity index (χ2v) is 3.65. The first-order valence-corrected chi connectivity index (χ1v) is 4.61. The van der Waals surface area contributed by atoms with Crippen LogP contribution in [0.4, 0.5) is 0 Å². The molecule has 0 bridgehead atoms. The van der Waals surface area contributed by atoms with Crippen molar-refractivity contribution in [2.75, 3.05) is 27.2 Å². The van der Waals surface area contributed by atoms with Crippen LogP contribution < -0.4 is 5.32 Å². The van der Waals surface area contributed by atoms with E-state index in [1.807, 2.05) is 0 Å². The number of rotatable bonds is 2. The highest BCUT2D eigenvalue weighted by atomic mass is 16.1. The summed E-state index contributed by atoms with van der Waals surface area (Å²) in [6.45, 7) is 2.26. The van der Waals surface area contributed by atoms with Gasteiger partial charge in [0.2, 0.25) is 5.91 Å². The van der Waals surface area contributed by atoms with E-state index in [2.05, 4.69) is 17.3 Å². The maximum Gasteiger partial charge on any atom is 0.220 e. The van der Waals surface area contributed by atoms with Crippen molar-refractivity contribution in [2.45, 2.75) is 19.3 Å². The molecule has 0 radical (unpaired) electrons. The number of carbonyl (C=O) groups is 1. The van der Waals surface area contributed by atoms with Gasteiger partial charge in [0, 0.05) is 20.0 Å². The molecule has 3 nitrogen and oxygen atoms in total. The van der Waals surface area contributed by atoms with Gasteiger partial charge in [0.1, 0.15) is 0 Å². The zero-order chi connectivity index (χ0) is 8.97. The number of hydrogen-bond donors (Lipinski definition) is 1. The van der Waals surface area contributed by atoms with Gasteiger partial charge in [0.25, 0.3) is 0 Å². The van der Waals surface area contributed by atoms with Crippen molar-refractivity contribution in [3.63, 3.8) is 0 Å². The molecule has 0 aromatic heterocycles. The lowest BCUT2D eigenvalue weighted by molar-refractivity contribution is -0.121. The molecule has 3 heteroatoms. The summed E-state index contributed by atoms with van der Waals surface area (Å²) < 4.78 is 0. The molecule has 1 amide bonds. The molecule has 1 saturated heterocycles. The van der Waals surface area contributed by atoms with Crippen molar-refractivity contribution in [3.8, 4) is 0 Å². The van der Waals surface area contributed by atoms with Crippen molar-refractivity contribution in [1.82, 2.24) is 10.2 Å². The highest BCUT2D eigenvalue weighted by Crippen LogP contribution is 2.17. The molecule has 1 aliphatic rings. The van der Waals surface area contributed by atoms with Crippen LogP contribution >= 0.6 is 0 Å². The van der Waals surface area contributed by atoms with Crippen molar-refractivity contribution in [2.24, 2.45) is 5.92 Å². The summed E-state index contributed by atoms with van der Waals surface area (Å²) in [6, 6.07) is 0. The van der Waals surface area contributed by atoms with Gasteiger partial charge in [-0.3, -0.25) is 4.79 Å². The molecule has 1 rings (SSSR count). The van der Waals surface area contributed by atoms with Crippen molar-refractivity contribution in [1.29, 1.82) is 0 Å². The predicted molar refractivity (Wildman–Crippen MR) is 48.9 cm³/mol. The number of hydrogen-bond acceptors (Lipinski definition) is 2. The van der Waals surface area contributed by atoms with Crippen LogP contribution in [0.15, 0.2) is 0 Å². The number of nitrogens with zero attached hydrogens (tertiary/aromatic N) is 1. The first kappa shape index (κ1) is 9.52. The lowest BCUT2D eigenvalue weighted by atomic mass is 9.95. The van der Waals surface area contributed by atoms with Crippen LogP contribution in [-0.4, -0.2) is 38.0 Å². The van der Waals surface area contributed by atoms with E-state index in [1.54, 1.807) is 7.05 Å². The van der Waals surface area contributed by atoms with Crippen LogP contribution in [0.3, 0.4) is 0 Å². The Morgan fingerprint density at radius 1 is 1.67 bits per heavy atom. The predicted octanol–water partition coefficient (Wildman–Crippen LogP) is 0.464.